The van der Waals surface area contributed by atoms with Gasteiger partial charge in [-0.05, 0) is 41.4 Å². The summed E-state index contributed by atoms with van der Waals surface area (Å²) in [7, 11) is 0. The van der Waals surface area contributed by atoms with Gasteiger partial charge in [0.05, 0.1) is 11.2 Å². The van der Waals surface area contributed by atoms with Crippen LogP contribution in [0.4, 0.5) is 0 Å². The molecule has 2 heteroatoms. The molecule has 0 amide bonds. The molecule has 0 bridgehead atoms. The topological polar surface area (TPSA) is 12.9 Å². The van der Waals surface area contributed by atoms with Crippen LogP contribution in [-0.4, -0.2) is 4.98 Å². The second-order valence-electron chi connectivity index (χ2n) is 4.78. The van der Waals surface area contributed by atoms with Crippen LogP contribution in [0.15, 0.2) is 53.0 Å². The van der Waals surface area contributed by atoms with Gasteiger partial charge >= 0.3 is 0 Å². The van der Waals surface area contributed by atoms with Gasteiger partial charge in [-0.25, -0.2) is 4.98 Å². The lowest BCUT2D eigenvalue weighted by atomic mass is 10.0. The second-order valence-corrected chi connectivity index (χ2v) is 5.58. The van der Waals surface area contributed by atoms with Crippen molar-refractivity contribution in [2.45, 2.75) is 13.8 Å². The number of halogens is 1. The highest BCUT2D eigenvalue weighted by Crippen LogP contribution is 2.33. The molecular formula is C17H14BrN. The van der Waals surface area contributed by atoms with Gasteiger partial charge in [-0.2, -0.15) is 0 Å². The lowest BCUT2D eigenvalue weighted by Gasteiger charge is -2.10. The van der Waals surface area contributed by atoms with Gasteiger partial charge in [-0.15, -0.1) is 0 Å². The lowest BCUT2D eigenvalue weighted by Crippen LogP contribution is -1.91. The predicted molar refractivity (Wildman–Crippen MR) is 84.4 cm³/mol. The predicted octanol–water partition coefficient (Wildman–Crippen LogP) is 5.28. The van der Waals surface area contributed by atoms with Crippen molar-refractivity contribution in [1.29, 1.82) is 0 Å². The number of para-hydroxylation sites is 1. The minimum atomic E-state index is 1.01. The van der Waals surface area contributed by atoms with Crippen molar-refractivity contribution in [3.05, 3.63) is 64.1 Å². The SMILES string of the molecule is Cc1ccc(-c2nc3ccccc3c(C)c2Br)cc1. The molecule has 0 aliphatic heterocycles. The number of fused-ring (bicyclic) bond motifs is 1. The zero-order valence-corrected chi connectivity index (χ0v) is 12.5. The third-order valence-corrected chi connectivity index (χ3v) is 4.37. The molecule has 0 aliphatic rings. The van der Waals surface area contributed by atoms with Crippen LogP contribution < -0.4 is 0 Å². The number of aryl methyl sites for hydroxylation is 2. The Balaban J connectivity index is 2.29. The number of aromatic nitrogens is 1. The fourth-order valence-electron chi connectivity index (χ4n) is 2.26. The maximum Gasteiger partial charge on any atom is 0.0854 e. The average molecular weight is 312 g/mol. The molecule has 19 heavy (non-hydrogen) atoms. The first-order valence-corrected chi connectivity index (χ1v) is 7.08. The molecule has 0 unspecified atom stereocenters. The minimum Gasteiger partial charge on any atom is -0.247 e. The molecular weight excluding hydrogens is 298 g/mol. The molecule has 0 radical (unpaired) electrons. The smallest absolute Gasteiger partial charge is 0.0854 e. The third kappa shape index (κ3) is 2.17. The van der Waals surface area contributed by atoms with Crippen LogP contribution in [0.2, 0.25) is 0 Å². The first kappa shape index (κ1) is 12.4. The molecule has 3 rings (SSSR count). The highest BCUT2D eigenvalue weighted by atomic mass is 79.9. The number of pyridine rings is 1. The Morgan fingerprint density at radius 2 is 1.58 bits per heavy atom. The highest BCUT2D eigenvalue weighted by Gasteiger charge is 2.11. The normalized spacial score (nSPS) is 10.9. The summed E-state index contributed by atoms with van der Waals surface area (Å²) in [5, 5.41) is 1.20. The van der Waals surface area contributed by atoms with Crippen LogP contribution in [0.3, 0.4) is 0 Å². The van der Waals surface area contributed by atoms with E-state index in [1.807, 2.05) is 6.07 Å². The van der Waals surface area contributed by atoms with Crippen molar-refractivity contribution < 1.29 is 0 Å². The van der Waals surface area contributed by atoms with Crippen molar-refractivity contribution in [2.75, 3.05) is 0 Å². The summed E-state index contributed by atoms with van der Waals surface area (Å²) in [6.07, 6.45) is 0. The number of hydrogen-bond acceptors (Lipinski definition) is 1. The summed E-state index contributed by atoms with van der Waals surface area (Å²) in [5.74, 6) is 0. The largest absolute Gasteiger partial charge is 0.247 e. The maximum absolute atomic E-state index is 4.79. The molecule has 1 heterocycles. The van der Waals surface area contributed by atoms with Crippen molar-refractivity contribution >= 4 is 26.8 Å². The molecule has 2 aromatic carbocycles. The van der Waals surface area contributed by atoms with E-state index in [4.69, 9.17) is 4.98 Å². The summed E-state index contributed by atoms with van der Waals surface area (Å²) < 4.78 is 1.08. The zero-order chi connectivity index (χ0) is 13.4. The number of hydrogen-bond donors (Lipinski definition) is 0. The van der Waals surface area contributed by atoms with E-state index in [-0.39, 0.29) is 0 Å². The molecule has 0 fully saturated rings. The van der Waals surface area contributed by atoms with Gasteiger partial charge in [-0.3, -0.25) is 0 Å². The molecule has 0 spiro atoms. The molecule has 3 aromatic rings. The van der Waals surface area contributed by atoms with Crippen LogP contribution in [0.5, 0.6) is 0 Å². The van der Waals surface area contributed by atoms with Crippen LogP contribution >= 0.6 is 15.9 Å². The van der Waals surface area contributed by atoms with E-state index in [1.165, 1.54) is 16.5 Å². The third-order valence-electron chi connectivity index (χ3n) is 3.40. The quantitative estimate of drug-likeness (QED) is 0.595. The first-order valence-electron chi connectivity index (χ1n) is 6.28. The van der Waals surface area contributed by atoms with E-state index in [1.54, 1.807) is 0 Å². The Hall–Kier alpha value is -1.67. The highest BCUT2D eigenvalue weighted by molar-refractivity contribution is 9.10. The molecule has 1 nitrogen and oxygen atoms in total. The van der Waals surface area contributed by atoms with Crippen LogP contribution in [0, 0.1) is 13.8 Å². The van der Waals surface area contributed by atoms with E-state index in [0.717, 1.165) is 21.2 Å². The summed E-state index contributed by atoms with van der Waals surface area (Å²) in [5.41, 5.74) is 5.69. The Labute approximate surface area is 121 Å². The van der Waals surface area contributed by atoms with Crippen LogP contribution in [0.1, 0.15) is 11.1 Å². The fraction of sp³-hybridized carbons (Fsp3) is 0.118. The minimum absolute atomic E-state index is 1.01. The van der Waals surface area contributed by atoms with Crippen molar-refractivity contribution in [2.24, 2.45) is 0 Å². The Morgan fingerprint density at radius 1 is 0.895 bits per heavy atom. The van der Waals surface area contributed by atoms with Crippen LogP contribution in [0.25, 0.3) is 22.2 Å². The van der Waals surface area contributed by atoms with Gasteiger partial charge < -0.3 is 0 Å². The molecule has 0 atom stereocenters. The maximum atomic E-state index is 4.79. The van der Waals surface area contributed by atoms with Gasteiger partial charge in [-0.1, -0.05) is 48.0 Å². The summed E-state index contributed by atoms with van der Waals surface area (Å²) >= 11 is 3.69. The van der Waals surface area contributed by atoms with Gasteiger partial charge in [0.2, 0.25) is 0 Å². The Morgan fingerprint density at radius 3 is 2.32 bits per heavy atom. The number of rotatable bonds is 1. The molecule has 0 N–H and O–H groups in total. The van der Waals surface area contributed by atoms with E-state index < -0.39 is 0 Å². The molecule has 1 aromatic heterocycles. The summed E-state index contributed by atoms with van der Waals surface area (Å²) in [4.78, 5) is 4.79. The fourth-order valence-corrected chi connectivity index (χ4v) is 2.79. The van der Waals surface area contributed by atoms with Crippen molar-refractivity contribution in [1.82, 2.24) is 4.98 Å². The molecule has 94 valence electrons. The zero-order valence-electron chi connectivity index (χ0n) is 10.9. The van der Waals surface area contributed by atoms with Crippen molar-refractivity contribution in [3.8, 4) is 11.3 Å². The number of nitrogens with zero attached hydrogens (tertiary/aromatic N) is 1. The average Bonchev–Trinajstić information content (AvgIpc) is 2.44. The van der Waals surface area contributed by atoms with E-state index in [9.17, 15) is 0 Å². The number of benzene rings is 2. The van der Waals surface area contributed by atoms with Gasteiger partial charge in [0, 0.05) is 15.4 Å². The summed E-state index contributed by atoms with van der Waals surface area (Å²) in [6.45, 7) is 4.23. The van der Waals surface area contributed by atoms with Gasteiger partial charge in [0.15, 0.2) is 0 Å². The summed E-state index contributed by atoms with van der Waals surface area (Å²) in [6, 6.07) is 16.7. The van der Waals surface area contributed by atoms with E-state index >= 15 is 0 Å². The van der Waals surface area contributed by atoms with Gasteiger partial charge in [0.25, 0.3) is 0 Å². The van der Waals surface area contributed by atoms with Crippen molar-refractivity contribution in [3.63, 3.8) is 0 Å². The monoisotopic (exact) mass is 311 g/mol. The second kappa shape index (κ2) is 4.78. The lowest BCUT2D eigenvalue weighted by molar-refractivity contribution is 1.33. The molecule has 0 saturated carbocycles. The Bertz CT molecular complexity index is 745. The standard InChI is InChI=1S/C17H14BrN/c1-11-7-9-13(10-8-11)17-16(18)12(2)14-5-3-4-6-15(14)19-17/h3-10H,1-2H3. The molecule has 0 saturated heterocycles. The first-order chi connectivity index (χ1) is 9.16. The van der Waals surface area contributed by atoms with Crippen LogP contribution in [-0.2, 0) is 0 Å². The van der Waals surface area contributed by atoms with E-state index in [0.29, 0.717) is 0 Å². The van der Waals surface area contributed by atoms with Gasteiger partial charge in [0.1, 0.15) is 0 Å². The van der Waals surface area contributed by atoms with E-state index in [2.05, 4.69) is 72.2 Å². The molecule has 0 aliphatic carbocycles. The Kier molecular flexibility index (Phi) is 3.11.